The van der Waals surface area contributed by atoms with E-state index in [9.17, 15) is 4.79 Å². The second-order valence-electron chi connectivity index (χ2n) is 6.63. The SMILES string of the molecule is CC1C(NC(=O)c2ccc(-c3cnccc3Cl)o2)C2CCN1CC2. The van der Waals surface area contributed by atoms with Crippen molar-refractivity contribution in [2.75, 3.05) is 13.1 Å². The molecular weight excluding hydrogens is 326 g/mol. The van der Waals surface area contributed by atoms with Crippen molar-refractivity contribution >= 4 is 17.5 Å². The molecule has 5 nitrogen and oxygen atoms in total. The fraction of sp³-hybridized carbons (Fsp3) is 0.444. The van der Waals surface area contributed by atoms with Crippen molar-refractivity contribution in [2.24, 2.45) is 5.92 Å². The molecule has 1 N–H and O–H groups in total. The minimum Gasteiger partial charge on any atom is -0.451 e. The van der Waals surface area contributed by atoms with E-state index in [0.29, 0.717) is 34.1 Å². The molecule has 126 valence electrons. The number of aromatic nitrogens is 1. The van der Waals surface area contributed by atoms with Crippen molar-refractivity contribution < 1.29 is 9.21 Å². The van der Waals surface area contributed by atoms with Crippen LogP contribution in [0, 0.1) is 5.92 Å². The van der Waals surface area contributed by atoms with Gasteiger partial charge in [0.05, 0.1) is 10.6 Å². The molecule has 24 heavy (non-hydrogen) atoms. The first-order valence-electron chi connectivity index (χ1n) is 8.38. The Hall–Kier alpha value is -1.85. The van der Waals surface area contributed by atoms with Crippen molar-refractivity contribution in [2.45, 2.75) is 31.8 Å². The summed E-state index contributed by atoms with van der Waals surface area (Å²) in [6.07, 6.45) is 5.57. The Balaban J connectivity index is 1.51. The molecule has 0 aliphatic carbocycles. The molecule has 2 bridgehead atoms. The maximum atomic E-state index is 12.6. The van der Waals surface area contributed by atoms with Crippen LogP contribution < -0.4 is 5.32 Å². The normalized spacial score (nSPS) is 28.8. The van der Waals surface area contributed by atoms with E-state index in [-0.39, 0.29) is 11.9 Å². The number of piperidine rings is 3. The van der Waals surface area contributed by atoms with Gasteiger partial charge in [-0.15, -0.1) is 0 Å². The number of halogens is 1. The third-order valence-electron chi connectivity index (χ3n) is 5.34. The average molecular weight is 346 g/mol. The van der Waals surface area contributed by atoms with Crippen LogP contribution in [0.15, 0.2) is 35.0 Å². The summed E-state index contributed by atoms with van der Waals surface area (Å²) >= 11 is 6.16. The quantitative estimate of drug-likeness (QED) is 0.928. The van der Waals surface area contributed by atoms with Crippen molar-refractivity contribution in [1.82, 2.24) is 15.2 Å². The first kappa shape index (κ1) is 15.7. The number of hydrogen-bond donors (Lipinski definition) is 1. The molecule has 3 fully saturated rings. The van der Waals surface area contributed by atoms with Gasteiger partial charge in [0.2, 0.25) is 0 Å². The monoisotopic (exact) mass is 345 g/mol. The van der Waals surface area contributed by atoms with E-state index >= 15 is 0 Å². The topological polar surface area (TPSA) is 58.4 Å². The van der Waals surface area contributed by atoms with Gasteiger partial charge in [-0.1, -0.05) is 11.6 Å². The molecular formula is C18H20ClN3O2. The van der Waals surface area contributed by atoms with E-state index in [0.717, 1.165) is 25.9 Å². The molecule has 3 aliphatic heterocycles. The van der Waals surface area contributed by atoms with Crippen LogP contribution in [0.25, 0.3) is 11.3 Å². The molecule has 5 heterocycles. The molecule has 3 saturated heterocycles. The van der Waals surface area contributed by atoms with Gasteiger partial charge in [0.1, 0.15) is 5.76 Å². The van der Waals surface area contributed by atoms with Crippen molar-refractivity contribution in [3.8, 4) is 11.3 Å². The lowest BCUT2D eigenvalue weighted by Gasteiger charge is -2.49. The molecule has 2 unspecified atom stereocenters. The Morgan fingerprint density at radius 2 is 2.12 bits per heavy atom. The first-order valence-corrected chi connectivity index (χ1v) is 8.76. The molecule has 2 atom stereocenters. The number of furan rings is 1. The summed E-state index contributed by atoms with van der Waals surface area (Å²) < 4.78 is 5.72. The third-order valence-corrected chi connectivity index (χ3v) is 5.67. The highest BCUT2D eigenvalue weighted by atomic mass is 35.5. The van der Waals surface area contributed by atoms with Gasteiger partial charge in [0.15, 0.2) is 5.76 Å². The van der Waals surface area contributed by atoms with Gasteiger partial charge in [0, 0.05) is 24.5 Å². The number of amides is 1. The Morgan fingerprint density at radius 1 is 1.33 bits per heavy atom. The van der Waals surface area contributed by atoms with Crippen LogP contribution in [0.1, 0.15) is 30.3 Å². The summed E-state index contributed by atoms with van der Waals surface area (Å²) in [5, 5.41) is 3.73. The number of rotatable bonds is 3. The number of nitrogens with zero attached hydrogens (tertiary/aromatic N) is 2. The van der Waals surface area contributed by atoms with Gasteiger partial charge < -0.3 is 9.73 Å². The van der Waals surface area contributed by atoms with Gasteiger partial charge in [0.25, 0.3) is 5.91 Å². The number of carbonyl (C=O) groups excluding carboxylic acids is 1. The highest BCUT2D eigenvalue weighted by molar-refractivity contribution is 6.33. The number of carbonyl (C=O) groups is 1. The Kier molecular flexibility index (Phi) is 4.06. The Labute approximate surface area is 146 Å². The smallest absolute Gasteiger partial charge is 0.287 e. The van der Waals surface area contributed by atoms with Crippen LogP contribution in [0.4, 0.5) is 0 Å². The van der Waals surface area contributed by atoms with Crippen LogP contribution in [-0.4, -0.2) is 41.0 Å². The lowest BCUT2D eigenvalue weighted by molar-refractivity contribution is 0.0211. The highest BCUT2D eigenvalue weighted by Gasteiger charge is 2.40. The van der Waals surface area contributed by atoms with E-state index in [1.807, 2.05) is 0 Å². The predicted molar refractivity (Wildman–Crippen MR) is 92.0 cm³/mol. The standard InChI is InChI=1S/C18H20ClN3O2/c1-11-17(12-5-8-22(11)9-6-12)21-18(23)16-3-2-15(24-16)13-10-20-7-4-14(13)19/h2-4,7,10-12,17H,5-6,8-9H2,1H3,(H,21,23). The number of hydrogen-bond acceptors (Lipinski definition) is 4. The zero-order valence-corrected chi connectivity index (χ0v) is 14.3. The fourth-order valence-corrected chi connectivity index (χ4v) is 4.13. The zero-order chi connectivity index (χ0) is 16.7. The van der Waals surface area contributed by atoms with Crippen molar-refractivity contribution in [1.29, 1.82) is 0 Å². The summed E-state index contributed by atoms with van der Waals surface area (Å²) in [4.78, 5) is 19.1. The summed E-state index contributed by atoms with van der Waals surface area (Å²) in [6.45, 7) is 4.48. The molecule has 0 aromatic carbocycles. The fourth-order valence-electron chi connectivity index (χ4n) is 3.93. The summed E-state index contributed by atoms with van der Waals surface area (Å²) in [5.74, 6) is 1.27. The van der Waals surface area contributed by atoms with Crippen LogP contribution in [0.3, 0.4) is 0 Å². The average Bonchev–Trinajstić information content (AvgIpc) is 3.09. The maximum absolute atomic E-state index is 12.6. The van der Waals surface area contributed by atoms with Crippen molar-refractivity contribution in [3.63, 3.8) is 0 Å². The molecule has 0 radical (unpaired) electrons. The van der Waals surface area contributed by atoms with Gasteiger partial charge in [-0.25, -0.2) is 0 Å². The number of pyridine rings is 1. The summed E-state index contributed by atoms with van der Waals surface area (Å²) in [5.41, 5.74) is 0.689. The second-order valence-corrected chi connectivity index (χ2v) is 7.04. The predicted octanol–water partition coefficient (Wildman–Crippen LogP) is 3.21. The zero-order valence-electron chi connectivity index (χ0n) is 13.5. The lowest BCUT2D eigenvalue weighted by Crippen LogP contribution is -2.62. The third kappa shape index (κ3) is 2.72. The van der Waals surface area contributed by atoms with E-state index in [2.05, 4.69) is 22.1 Å². The molecule has 2 aromatic rings. The molecule has 0 saturated carbocycles. The lowest BCUT2D eigenvalue weighted by atomic mass is 9.79. The van der Waals surface area contributed by atoms with Crippen LogP contribution >= 0.6 is 11.6 Å². The van der Waals surface area contributed by atoms with Gasteiger partial charge >= 0.3 is 0 Å². The summed E-state index contributed by atoms with van der Waals surface area (Å²) in [6, 6.07) is 5.73. The molecule has 6 heteroatoms. The Morgan fingerprint density at radius 3 is 2.83 bits per heavy atom. The van der Waals surface area contributed by atoms with Gasteiger partial charge in [-0.2, -0.15) is 0 Å². The molecule has 2 aromatic heterocycles. The largest absolute Gasteiger partial charge is 0.451 e. The summed E-state index contributed by atoms with van der Waals surface area (Å²) in [7, 11) is 0. The molecule has 1 amide bonds. The molecule has 5 rings (SSSR count). The highest BCUT2D eigenvalue weighted by Crippen LogP contribution is 2.33. The second kappa shape index (κ2) is 6.22. The van der Waals surface area contributed by atoms with Crippen LogP contribution in [0.2, 0.25) is 5.02 Å². The van der Waals surface area contributed by atoms with E-state index in [1.54, 1.807) is 30.6 Å². The van der Waals surface area contributed by atoms with E-state index in [1.165, 1.54) is 0 Å². The maximum Gasteiger partial charge on any atom is 0.287 e. The van der Waals surface area contributed by atoms with Gasteiger partial charge in [-0.3, -0.25) is 14.7 Å². The van der Waals surface area contributed by atoms with Crippen LogP contribution in [0.5, 0.6) is 0 Å². The molecule has 3 aliphatic rings. The van der Waals surface area contributed by atoms with Gasteiger partial charge in [-0.05, 0) is 57.0 Å². The number of nitrogens with one attached hydrogen (secondary N) is 1. The van der Waals surface area contributed by atoms with E-state index in [4.69, 9.17) is 16.0 Å². The van der Waals surface area contributed by atoms with E-state index < -0.39 is 0 Å². The van der Waals surface area contributed by atoms with Crippen molar-refractivity contribution in [3.05, 3.63) is 41.4 Å². The van der Waals surface area contributed by atoms with Crippen LogP contribution in [-0.2, 0) is 0 Å². The Bertz CT molecular complexity index is 750. The molecule has 0 spiro atoms. The minimum absolute atomic E-state index is 0.160. The number of fused-ring (bicyclic) bond motifs is 3. The first-order chi connectivity index (χ1) is 11.6. The minimum atomic E-state index is -0.160.